The Labute approximate surface area is 153 Å². The van der Waals surface area contributed by atoms with Crippen molar-refractivity contribution in [1.29, 1.82) is 0 Å². The number of benzene rings is 2. The molecule has 1 N–H and O–H groups in total. The van der Waals surface area contributed by atoms with Gasteiger partial charge in [-0.1, -0.05) is 23.7 Å². The van der Waals surface area contributed by atoms with Gasteiger partial charge in [-0.2, -0.15) is 13.2 Å². The number of halogens is 4. The van der Waals surface area contributed by atoms with E-state index in [0.29, 0.717) is 12.0 Å². The van der Waals surface area contributed by atoms with Crippen molar-refractivity contribution in [2.45, 2.75) is 17.5 Å². The van der Waals surface area contributed by atoms with E-state index in [1.165, 1.54) is 30.3 Å². The lowest BCUT2D eigenvalue weighted by Crippen LogP contribution is -2.26. The van der Waals surface area contributed by atoms with E-state index in [4.69, 9.17) is 11.6 Å². The molecule has 9 heteroatoms. The number of carbonyl (C=O) groups is 1. The smallest absolute Gasteiger partial charge is 0.352 e. The zero-order chi connectivity index (χ0) is 19.5. The summed E-state index contributed by atoms with van der Waals surface area (Å²) in [5, 5.41) is 2.61. The third kappa shape index (κ3) is 5.22. The molecule has 0 unspecified atom stereocenters. The Morgan fingerprint density at radius 1 is 1.12 bits per heavy atom. The van der Waals surface area contributed by atoms with Crippen LogP contribution in [0.3, 0.4) is 0 Å². The molecule has 0 fully saturated rings. The fourth-order valence-corrected chi connectivity index (χ4v) is 3.51. The molecule has 0 spiro atoms. The summed E-state index contributed by atoms with van der Waals surface area (Å²) in [6.07, 6.45) is -3.07. The largest absolute Gasteiger partial charge is 0.416 e. The maximum atomic E-state index is 12.5. The molecule has 2 rings (SSSR count). The Hall–Kier alpha value is -2.06. The van der Waals surface area contributed by atoms with Gasteiger partial charge in [-0.25, -0.2) is 8.42 Å². The number of hydrogen-bond donors (Lipinski definition) is 1. The summed E-state index contributed by atoms with van der Waals surface area (Å²) in [7, 11) is -3.57. The van der Waals surface area contributed by atoms with Crippen LogP contribution in [0.25, 0.3) is 0 Å². The van der Waals surface area contributed by atoms with Crippen LogP contribution in [-0.4, -0.2) is 27.1 Å². The van der Waals surface area contributed by atoms with Gasteiger partial charge < -0.3 is 5.32 Å². The Balaban J connectivity index is 1.99. The first-order valence-electron chi connectivity index (χ1n) is 7.42. The summed E-state index contributed by atoms with van der Waals surface area (Å²) in [4.78, 5) is 12.0. The minimum absolute atomic E-state index is 0.0220. The molecule has 0 aliphatic heterocycles. The molecule has 0 bridgehead atoms. The van der Waals surface area contributed by atoms with Crippen molar-refractivity contribution < 1.29 is 26.4 Å². The van der Waals surface area contributed by atoms with Gasteiger partial charge >= 0.3 is 6.18 Å². The maximum absolute atomic E-state index is 12.5. The quantitative estimate of drug-likeness (QED) is 0.824. The van der Waals surface area contributed by atoms with Gasteiger partial charge in [0.25, 0.3) is 5.91 Å². The van der Waals surface area contributed by atoms with Crippen molar-refractivity contribution in [2.75, 3.05) is 12.8 Å². The highest BCUT2D eigenvalue weighted by molar-refractivity contribution is 7.90. The van der Waals surface area contributed by atoms with E-state index in [-0.39, 0.29) is 22.0 Å². The van der Waals surface area contributed by atoms with Gasteiger partial charge in [-0.05, 0) is 42.3 Å². The fourth-order valence-electron chi connectivity index (χ4n) is 2.21. The number of hydrogen-bond acceptors (Lipinski definition) is 3. The van der Waals surface area contributed by atoms with Crippen LogP contribution in [0.4, 0.5) is 13.2 Å². The molecule has 1 amide bonds. The lowest BCUT2D eigenvalue weighted by Gasteiger charge is -2.09. The molecule has 0 atom stereocenters. The number of carbonyl (C=O) groups excluding carboxylic acids is 1. The predicted molar refractivity (Wildman–Crippen MR) is 92.0 cm³/mol. The van der Waals surface area contributed by atoms with Crippen molar-refractivity contribution in [2.24, 2.45) is 0 Å². The number of sulfone groups is 1. The first kappa shape index (κ1) is 20.3. The number of alkyl halides is 3. The molecular formula is C17H15ClF3NO3S. The molecule has 140 valence electrons. The van der Waals surface area contributed by atoms with E-state index in [1.54, 1.807) is 0 Å². The fraction of sp³-hybridized carbons (Fsp3) is 0.235. The van der Waals surface area contributed by atoms with Gasteiger partial charge in [-0.3, -0.25) is 4.79 Å². The number of nitrogens with one attached hydrogen (secondary N) is 1. The van der Waals surface area contributed by atoms with Crippen molar-refractivity contribution in [3.05, 3.63) is 64.2 Å². The number of rotatable bonds is 5. The molecule has 0 saturated carbocycles. The molecule has 0 aliphatic carbocycles. The summed E-state index contributed by atoms with van der Waals surface area (Å²) in [6.45, 7) is 0.182. The van der Waals surface area contributed by atoms with Crippen LogP contribution in [0.5, 0.6) is 0 Å². The van der Waals surface area contributed by atoms with Crippen LogP contribution >= 0.6 is 11.6 Å². The minimum Gasteiger partial charge on any atom is -0.352 e. The van der Waals surface area contributed by atoms with Gasteiger partial charge in [-0.15, -0.1) is 0 Å². The van der Waals surface area contributed by atoms with Crippen molar-refractivity contribution in [3.63, 3.8) is 0 Å². The minimum atomic E-state index is -4.39. The van der Waals surface area contributed by atoms with Gasteiger partial charge in [0.05, 0.1) is 15.5 Å². The highest BCUT2D eigenvalue weighted by atomic mass is 35.5. The van der Waals surface area contributed by atoms with Crippen LogP contribution < -0.4 is 5.32 Å². The number of amides is 1. The zero-order valence-electron chi connectivity index (χ0n) is 13.6. The first-order chi connectivity index (χ1) is 12.0. The molecule has 0 heterocycles. The Kier molecular flexibility index (Phi) is 5.98. The first-order valence-corrected chi connectivity index (χ1v) is 9.69. The van der Waals surface area contributed by atoms with E-state index in [9.17, 15) is 26.4 Å². The van der Waals surface area contributed by atoms with E-state index in [0.717, 1.165) is 18.4 Å². The Morgan fingerprint density at radius 2 is 1.73 bits per heavy atom. The molecule has 2 aromatic carbocycles. The van der Waals surface area contributed by atoms with Gasteiger partial charge in [0.15, 0.2) is 9.84 Å². The lowest BCUT2D eigenvalue weighted by molar-refractivity contribution is -0.137. The predicted octanol–water partition coefficient (Wildman–Crippen LogP) is 3.73. The Morgan fingerprint density at radius 3 is 2.27 bits per heavy atom. The van der Waals surface area contributed by atoms with Gasteiger partial charge in [0.1, 0.15) is 0 Å². The maximum Gasteiger partial charge on any atom is 0.416 e. The summed E-state index contributed by atoms with van der Waals surface area (Å²) in [6, 6.07) is 8.56. The standard InChI is InChI=1S/C17H15ClF3NO3S/c1-26(24,25)15-10-12(4-7-14(15)18)16(23)22-9-8-11-2-5-13(6-3-11)17(19,20)21/h2-7,10H,8-9H2,1H3,(H,22,23). The van der Waals surface area contributed by atoms with Crippen LogP contribution in [0.2, 0.25) is 5.02 Å². The highest BCUT2D eigenvalue weighted by Gasteiger charge is 2.29. The summed E-state index contributed by atoms with van der Waals surface area (Å²) < 4.78 is 60.8. The highest BCUT2D eigenvalue weighted by Crippen LogP contribution is 2.29. The summed E-state index contributed by atoms with van der Waals surface area (Å²) in [5.41, 5.74) is 0.0215. The topological polar surface area (TPSA) is 63.2 Å². The van der Waals surface area contributed by atoms with E-state index in [1.807, 2.05) is 0 Å². The van der Waals surface area contributed by atoms with Crippen LogP contribution in [0.1, 0.15) is 21.5 Å². The summed E-state index contributed by atoms with van der Waals surface area (Å²) in [5.74, 6) is -0.501. The molecule has 0 aliphatic rings. The van der Waals surface area contributed by atoms with Gasteiger partial charge in [0, 0.05) is 18.4 Å². The van der Waals surface area contributed by atoms with E-state index < -0.39 is 27.5 Å². The third-order valence-corrected chi connectivity index (χ3v) is 5.15. The average Bonchev–Trinajstić information content (AvgIpc) is 2.53. The second-order valence-corrected chi connectivity index (χ2v) is 8.01. The zero-order valence-corrected chi connectivity index (χ0v) is 15.2. The second-order valence-electron chi connectivity index (χ2n) is 5.62. The van der Waals surface area contributed by atoms with Crippen molar-refractivity contribution in [1.82, 2.24) is 5.32 Å². The van der Waals surface area contributed by atoms with E-state index in [2.05, 4.69) is 5.32 Å². The van der Waals surface area contributed by atoms with Crippen LogP contribution in [0, 0.1) is 0 Å². The third-order valence-electron chi connectivity index (χ3n) is 3.57. The van der Waals surface area contributed by atoms with Gasteiger partial charge in [0.2, 0.25) is 0 Å². The SMILES string of the molecule is CS(=O)(=O)c1cc(C(=O)NCCc2ccc(C(F)(F)F)cc2)ccc1Cl. The van der Waals surface area contributed by atoms with Crippen molar-refractivity contribution in [3.8, 4) is 0 Å². The molecule has 0 aromatic heterocycles. The Bertz CT molecular complexity index is 910. The lowest BCUT2D eigenvalue weighted by atomic mass is 10.1. The molecule has 4 nitrogen and oxygen atoms in total. The molecule has 2 aromatic rings. The molecule has 26 heavy (non-hydrogen) atoms. The second kappa shape index (κ2) is 7.67. The molecule has 0 saturated heterocycles. The average molecular weight is 406 g/mol. The van der Waals surface area contributed by atoms with Crippen LogP contribution in [-0.2, 0) is 22.4 Å². The molecular weight excluding hydrogens is 391 g/mol. The van der Waals surface area contributed by atoms with Crippen LogP contribution in [0.15, 0.2) is 47.4 Å². The summed E-state index contributed by atoms with van der Waals surface area (Å²) >= 11 is 5.82. The monoisotopic (exact) mass is 405 g/mol. The molecule has 0 radical (unpaired) electrons. The van der Waals surface area contributed by atoms with Crippen molar-refractivity contribution >= 4 is 27.3 Å². The normalized spacial score (nSPS) is 12.0. The van der Waals surface area contributed by atoms with E-state index >= 15 is 0 Å².